The molecule has 2 fully saturated rings. The third kappa shape index (κ3) is 8.32. The van der Waals surface area contributed by atoms with Crippen molar-refractivity contribution in [2.75, 3.05) is 58.9 Å². The lowest BCUT2D eigenvalue weighted by atomic mass is 9.96. The summed E-state index contributed by atoms with van der Waals surface area (Å²) in [5, 5.41) is 6.01. The number of hydrogen-bond donors (Lipinski definition) is 2. The number of methoxy groups -OCH3 is 1. The van der Waals surface area contributed by atoms with E-state index >= 15 is 0 Å². The lowest BCUT2D eigenvalue weighted by Gasteiger charge is -2.38. The number of urea groups is 1. The third-order valence-corrected chi connectivity index (χ3v) is 8.61. The van der Waals surface area contributed by atoms with Gasteiger partial charge in [0.2, 0.25) is 0 Å². The number of nitrogens with one attached hydrogen (secondary N) is 2. The molecule has 2 heterocycles. The van der Waals surface area contributed by atoms with Crippen LogP contribution in [-0.2, 0) is 9.47 Å². The Bertz CT molecular complexity index is 947. The summed E-state index contributed by atoms with van der Waals surface area (Å²) in [6.07, 6.45) is 7.60. The fraction of sp³-hybridized carbons (Fsp3) is 0.733. The highest BCUT2D eigenvalue weighted by Crippen LogP contribution is 2.27. The van der Waals surface area contributed by atoms with Gasteiger partial charge in [-0.1, -0.05) is 26.2 Å². The van der Waals surface area contributed by atoms with Gasteiger partial charge in [-0.05, 0) is 62.6 Å². The molecule has 1 aromatic rings. The van der Waals surface area contributed by atoms with Crippen molar-refractivity contribution in [3.63, 3.8) is 0 Å². The second kappa shape index (κ2) is 14.3. The van der Waals surface area contributed by atoms with Crippen LogP contribution in [-0.4, -0.2) is 93.5 Å². The minimum atomic E-state index is -0.234. The van der Waals surface area contributed by atoms with Crippen LogP contribution in [0.25, 0.3) is 0 Å². The van der Waals surface area contributed by atoms with E-state index in [1.807, 2.05) is 6.07 Å². The molecule has 3 atom stereocenters. The van der Waals surface area contributed by atoms with Gasteiger partial charge in [-0.3, -0.25) is 9.69 Å². The van der Waals surface area contributed by atoms with E-state index in [4.69, 9.17) is 14.2 Å². The Labute approximate surface area is 233 Å². The Morgan fingerprint density at radius 2 is 1.82 bits per heavy atom. The maximum Gasteiger partial charge on any atom is 0.319 e. The van der Waals surface area contributed by atoms with Crippen LogP contribution in [0, 0.1) is 11.8 Å². The van der Waals surface area contributed by atoms with Crippen LogP contribution in [0.2, 0.25) is 0 Å². The van der Waals surface area contributed by atoms with Crippen molar-refractivity contribution >= 4 is 17.6 Å². The van der Waals surface area contributed by atoms with Crippen LogP contribution in [0.1, 0.15) is 69.2 Å². The van der Waals surface area contributed by atoms with Crippen LogP contribution >= 0.6 is 0 Å². The number of anilines is 1. The monoisotopic (exact) mass is 544 g/mol. The van der Waals surface area contributed by atoms with Gasteiger partial charge < -0.3 is 29.7 Å². The highest BCUT2D eigenvalue weighted by atomic mass is 16.5. The molecule has 3 aliphatic rings. The molecule has 0 radical (unpaired) electrons. The number of benzene rings is 1. The quantitative estimate of drug-likeness (QED) is 0.572. The van der Waals surface area contributed by atoms with Gasteiger partial charge in [-0.15, -0.1) is 0 Å². The molecule has 0 spiro atoms. The van der Waals surface area contributed by atoms with Gasteiger partial charge in [0.25, 0.3) is 5.91 Å². The lowest BCUT2D eigenvalue weighted by molar-refractivity contribution is 0.0000228. The second-order valence-corrected chi connectivity index (χ2v) is 11.8. The van der Waals surface area contributed by atoms with Crippen molar-refractivity contribution in [1.29, 1.82) is 0 Å². The van der Waals surface area contributed by atoms with Crippen LogP contribution in [0.5, 0.6) is 5.75 Å². The SMILES string of the molecule is CO[C@@H]1CN(C)C(=O)c2cc(NC(=O)NC3CCCCC3)ccc2OC[C@H](C)N(CC2CCOCC2)C[C@@H]1C. The summed E-state index contributed by atoms with van der Waals surface area (Å²) in [7, 11) is 3.52. The van der Waals surface area contributed by atoms with Crippen molar-refractivity contribution in [2.24, 2.45) is 11.8 Å². The molecule has 4 rings (SSSR count). The van der Waals surface area contributed by atoms with E-state index in [0.717, 1.165) is 64.8 Å². The van der Waals surface area contributed by atoms with E-state index in [-0.39, 0.29) is 36.0 Å². The molecule has 3 amide bonds. The lowest BCUT2D eigenvalue weighted by Crippen LogP contribution is -2.48. The van der Waals surface area contributed by atoms with Gasteiger partial charge in [0.05, 0.1) is 11.7 Å². The number of rotatable bonds is 5. The van der Waals surface area contributed by atoms with Gasteiger partial charge in [-0.2, -0.15) is 0 Å². The average Bonchev–Trinajstić information content (AvgIpc) is 2.94. The van der Waals surface area contributed by atoms with Crippen LogP contribution in [0.15, 0.2) is 18.2 Å². The van der Waals surface area contributed by atoms with Crippen molar-refractivity contribution in [1.82, 2.24) is 15.1 Å². The zero-order valence-corrected chi connectivity index (χ0v) is 24.2. The molecule has 2 N–H and O–H groups in total. The first-order valence-electron chi connectivity index (χ1n) is 14.8. The maximum absolute atomic E-state index is 13.6. The summed E-state index contributed by atoms with van der Waals surface area (Å²) < 4.78 is 17.8. The minimum Gasteiger partial charge on any atom is -0.491 e. The van der Waals surface area contributed by atoms with Crippen LogP contribution in [0.4, 0.5) is 10.5 Å². The van der Waals surface area contributed by atoms with Gasteiger partial charge in [0.15, 0.2) is 0 Å². The van der Waals surface area contributed by atoms with Crippen molar-refractivity contribution < 1.29 is 23.8 Å². The molecule has 9 nitrogen and oxygen atoms in total. The average molecular weight is 545 g/mol. The highest BCUT2D eigenvalue weighted by Gasteiger charge is 2.30. The van der Waals surface area contributed by atoms with Gasteiger partial charge in [-0.25, -0.2) is 4.79 Å². The number of carbonyl (C=O) groups excluding carboxylic acids is 2. The number of carbonyl (C=O) groups is 2. The number of hydrogen-bond acceptors (Lipinski definition) is 6. The zero-order chi connectivity index (χ0) is 27.8. The number of amides is 3. The molecule has 1 saturated heterocycles. The number of nitrogens with zero attached hydrogens (tertiary/aromatic N) is 2. The maximum atomic E-state index is 13.6. The predicted molar refractivity (Wildman–Crippen MR) is 152 cm³/mol. The standard InChI is InChI=1S/C30H48N4O5/c1-21-17-34(18-23-12-14-38-15-13-23)22(2)20-39-27-11-10-25(32-30(36)31-24-8-6-5-7-9-24)16-26(27)29(35)33(3)19-28(21)37-4/h10-11,16,21-24,28H,5-9,12-15,17-20H2,1-4H3,(H2,31,32,36)/t21-,22-,28+/m0/s1. The topological polar surface area (TPSA) is 92.4 Å². The Morgan fingerprint density at radius 3 is 2.54 bits per heavy atom. The third-order valence-electron chi connectivity index (χ3n) is 8.61. The second-order valence-electron chi connectivity index (χ2n) is 11.8. The van der Waals surface area contributed by atoms with Crippen LogP contribution < -0.4 is 15.4 Å². The molecular formula is C30H48N4O5. The van der Waals surface area contributed by atoms with E-state index in [1.54, 1.807) is 31.2 Å². The van der Waals surface area contributed by atoms with Crippen molar-refractivity contribution in [3.8, 4) is 5.75 Å². The molecule has 218 valence electrons. The fourth-order valence-corrected chi connectivity index (χ4v) is 6.04. The smallest absolute Gasteiger partial charge is 0.319 e. The van der Waals surface area contributed by atoms with E-state index < -0.39 is 0 Å². The van der Waals surface area contributed by atoms with Gasteiger partial charge in [0.1, 0.15) is 12.4 Å². The molecule has 0 aromatic heterocycles. The van der Waals surface area contributed by atoms with Crippen molar-refractivity contribution in [2.45, 2.75) is 77.0 Å². The molecule has 1 saturated carbocycles. The largest absolute Gasteiger partial charge is 0.491 e. The van der Waals surface area contributed by atoms with E-state index in [1.165, 1.54) is 6.42 Å². The number of ether oxygens (including phenoxy) is 3. The summed E-state index contributed by atoms with van der Waals surface area (Å²) in [5.41, 5.74) is 1.02. The Balaban J connectivity index is 1.52. The van der Waals surface area contributed by atoms with E-state index in [2.05, 4.69) is 29.4 Å². The Morgan fingerprint density at radius 1 is 1.08 bits per heavy atom. The molecule has 1 aliphatic carbocycles. The van der Waals surface area contributed by atoms with Gasteiger partial charge >= 0.3 is 6.03 Å². The fourth-order valence-electron chi connectivity index (χ4n) is 6.04. The molecule has 1 aromatic carbocycles. The summed E-state index contributed by atoms with van der Waals surface area (Å²) in [5.74, 6) is 1.21. The predicted octanol–water partition coefficient (Wildman–Crippen LogP) is 4.37. The van der Waals surface area contributed by atoms with Crippen molar-refractivity contribution in [3.05, 3.63) is 23.8 Å². The summed E-state index contributed by atoms with van der Waals surface area (Å²) >= 11 is 0. The summed E-state index contributed by atoms with van der Waals surface area (Å²) in [4.78, 5) is 30.5. The summed E-state index contributed by atoms with van der Waals surface area (Å²) in [6, 6.07) is 5.47. The molecular weight excluding hydrogens is 496 g/mol. The van der Waals surface area contributed by atoms with E-state index in [9.17, 15) is 9.59 Å². The Hall–Kier alpha value is -2.36. The number of likely N-dealkylation sites (N-methyl/N-ethyl adjacent to an activating group) is 1. The molecule has 39 heavy (non-hydrogen) atoms. The highest BCUT2D eigenvalue weighted by molar-refractivity contribution is 5.99. The first kappa shape index (κ1) is 29.6. The van der Waals surface area contributed by atoms with Gasteiger partial charge in [0, 0.05) is 64.8 Å². The molecule has 9 heteroatoms. The molecule has 2 aliphatic heterocycles. The first-order chi connectivity index (χ1) is 18.8. The van der Waals surface area contributed by atoms with Crippen LogP contribution in [0.3, 0.4) is 0 Å². The molecule has 0 unspecified atom stereocenters. The Kier molecular flexibility index (Phi) is 10.9. The minimum absolute atomic E-state index is 0.102. The van der Waals surface area contributed by atoms with E-state index in [0.29, 0.717) is 36.1 Å². The first-order valence-corrected chi connectivity index (χ1v) is 14.8. The molecule has 0 bridgehead atoms. The summed E-state index contributed by atoms with van der Waals surface area (Å²) in [6.45, 7) is 8.84. The normalized spacial score (nSPS) is 26.6. The zero-order valence-electron chi connectivity index (χ0n) is 24.2. The number of fused-ring (bicyclic) bond motifs is 1.